The van der Waals surface area contributed by atoms with Crippen LogP contribution in [-0.2, 0) is 4.79 Å². The summed E-state index contributed by atoms with van der Waals surface area (Å²) in [7, 11) is 6.57. The van der Waals surface area contributed by atoms with Crippen LogP contribution in [-0.4, -0.2) is 45.0 Å². The number of nitrogens with zero attached hydrogens (tertiary/aromatic N) is 1. The molecule has 0 atom stereocenters. The van der Waals surface area contributed by atoms with Gasteiger partial charge in [-0.15, -0.1) is 0 Å². The van der Waals surface area contributed by atoms with E-state index in [0.29, 0.717) is 28.3 Å². The van der Waals surface area contributed by atoms with Gasteiger partial charge in [0.15, 0.2) is 0 Å². The normalized spacial score (nSPS) is 10.9. The number of ether oxygens (including phenoxy) is 2. The Morgan fingerprint density at radius 3 is 1.94 bits per heavy atom. The van der Waals surface area contributed by atoms with Gasteiger partial charge in [0.05, 0.1) is 14.2 Å². The molecular weight excluding hydrogens is 404 g/mol. The highest BCUT2D eigenvalue weighted by Crippen LogP contribution is 2.27. The Morgan fingerprint density at radius 2 is 1.41 bits per heavy atom. The molecule has 3 rings (SSSR count). The van der Waals surface area contributed by atoms with Crippen LogP contribution in [0.2, 0.25) is 0 Å². The highest BCUT2D eigenvalue weighted by Gasteiger charge is 2.15. The number of likely N-dealkylation sites (N-methyl/N-ethyl adjacent to an activating group) is 1. The zero-order chi connectivity index (χ0) is 23.1. The third-order valence-electron chi connectivity index (χ3n) is 4.81. The summed E-state index contributed by atoms with van der Waals surface area (Å²) in [5.41, 5.74) is 3.22. The minimum atomic E-state index is -0.193. The number of carbonyl (C=O) groups excluding carboxylic acids is 2. The summed E-state index contributed by atoms with van der Waals surface area (Å²) in [6, 6.07) is 21.6. The first-order chi connectivity index (χ1) is 15.4. The molecule has 0 unspecified atom stereocenters. The maximum absolute atomic E-state index is 12.9. The quantitative estimate of drug-likeness (QED) is 0.440. The molecule has 0 saturated carbocycles. The summed E-state index contributed by atoms with van der Waals surface area (Å²) < 4.78 is 10.7. The van der Waals surface area contributed by atoms with E-state index in [4.69, 9.17) is 9.47 Å². The zero-order valence-corrected chi connectivity index (χ0v) is 18.6. The topological polar surface area (TPSA) is 67.9 Å². The number of benzene rings is 3. The van der Waals surface area contributed by atoms with Gasteiger partial charge in [0.25, 0.3) is 11.8 Å². The fourth-order valence-corrected chi connectivity index (χ4v) is 3.11. The van der Waals surface area contributed by atoms with E-state index in [1.165, 1.54) is 4.90 Å². The SMILES string of the molecule is COc1cc(/C=C(\C(=O)N(C)C)c2ccc(NC(=O)c3ccccc3)cc2)cc(OC)c1. The standard InChI is InChI=1S/C26H26N2O4/c1-28(2)26(30)24(16-18-14-22(31-3)17-23(15-18)32-4)19-10-12-21(13-11-19)27-25(29)20-8-6-5-7-9-20/h5-17H,1-4H3,(H,27,29)/b24-16-. The van der Waals surface area contributed by atoms with Crippen LogP contribution in [0.25, 0.3) is 11.6 Å². The molecule has 0 fully saturated rings. The summed E-state index contributed by atoms with van der Waals surface area (Å²) in [5, 5.41) is 2.87. The molecule has 3 aromatic rings. The summed E-state index contributed by atoms with van der Waals surface area (Å²) in [4.78, 5) is 26.8. The number of rotatable bonds is 7. The summed E-state index contributed by atoms with van der Waals surface area (Å²) >= 11 is 0. The average Bonchev–Trinajstić information content (AvgIpc) is 2.82. The number of hydrogen-bond acceptors (Lipinski definition) is 4. The van der Waals surface area contributed by atoms with Gasteiger partial charge in [-0.05, 0) is 53.6 Å². The van der Waals surface area contributed by atoms with Crippen LogP contribution in [0.15, 0.2) is 72.8 Å². The Hall–Kier alpha value is -4.06. The molecule has 0 bridgehead atoms. The van der Waals surface area contributed by atoms with Gasteiger partial charge < -0.3 is 19.7 Å². The Balaban J connectivity index is 1.92. The van der Waals surface area contributed by atoms with Crippen molar-refractivity contribution < 1.29 is 19.1 Å². The fourth-order valence-electron chi connectivity index (χ4n) is 3.11. The van der Waals surface area contributed by atoms with Crippen molar-refractivity contribution in [3.05, 3.63) is 89.5 Å². The molecule has 0 aliphatic heterocycles. The van der Waals surface area contributed by atoms with Crippen LogP contribution in [0.3, 0.4) is 0 Å². The van der Waals surface area contributed by atoms with Gasteiger partial charge in [-0.1, -0.05) is 30.3 Å². The number of amides is 2. The lowest BCUT2D eigenvalue weighted by Crippen LogP contribution is -2.22. The van der Waals surface area contributed by atoms with E-state index in [1.54, 1.807) is 64.7 Å². The fraction of sp³-hybridized carbons (Fsp3) is 0.154. The van der Waals surface area contributed by atoms with Gasteiger partial charge in [0.1, 0.15) is 11.5 Å². The Morgan fingerprint density at radius 1 is 0.812 bits per heavy atom. The molecule has 3 aromatic carbocycles. The lowest BCUT2D eigenvalue weighted by atomic mass is 10.0. The highest BCUT2D eigenvalue weighted by molar-refractivity contribution is 6.24. The maximum Gasteiger partial charge on any atom is 0.255 e. The van der Waals surface area contributed by atoms with Crippen molar-refractivity contribution in [3.63, 3.8) is 0 Å². The second-order valence-corrected chi connectivity index (χ2v) is 7.30. The van der Waals surface area contributed by atoms with E-state index in [0.717, 1.165) is 11.1 Å². The zero-order valence-electron chi connectivity index (χ0n) is 18.6. The van der Waals surface area contributed by atoms with Crippen LogP contribution < -0.4 is 14.8 Å². The van der Waals surface area contributed by atoms with Crippen molar-refractivity contribution in [1.82, 2.24) is 4.90 Å². The molecule has 0 aromatic heterocycles. The largest absolute Gasteiger partial charge is 0.497 e. The molecule has 6 heteroatoms. The minimum Gasteiger partial charge on any atom is -0.497 e. The van der Waals surface area contributed by atoms with Gasteiger partial charge in [0, 0.05) is 37.0 Å². The van der Waals surface area contributed by atoms with E-state index in [1.807, 2.05) is 42.5 Å². The average molecular weight is 431 g/mol. The molecule has 0 heterocycles. The molecule has 0 saturated heterocycles. The molecule has 32 heavy (non-hydrogen) atoms. The van der Waals surface area contributed by atoms with Gasteiger partial charge in [-0.2, -0.15) is 0 Å². The first-order valence-electron chi connectivity index (χ1n) is 10.0. The molecular formula is C26H26N2O4. The number of anilines is 1. The van der Waals surface area contributed by atoms with Crippen molar-refractivity contribution in [1.29, 1.82) is 0 Å². The lowest BCUT2D eigenvalue weighted by molar-refractivity contribution is -0.122. The second-order valence-electron chi connectivity index (χ2n) is 7.30. The third kappa shape index (κ3) is 5.55. The lowest BCUT2D eigenvalue weighted by Gasteiger charge is -2.15. The molecule has 6 nitrogen and oxygen atoms in total. The molecule has 1 N–H and O–H groups in total. The van der Waals surface area contributed by atoms with Crippen molar-refractivity contribution >= 4 is 29.2 Å². The Kier molecular flexibility index (Phi) is 7.29. The van der Waals surface area contributed by atoms with E-state index in [2.05, 4.69) is 5.32 Å². The molecule has 164 valence electrons. The molecule has 0 spiro atoms. The highest BCUT2D eigenvalue weighted by atomic mass is 16.5. The van der Waals surface area contributed by atoms with E-state index < -0.39 is 0 Å². The maximum atomic E-state index is 12.9. The van der Waals surface area contributed by atoms with Crippen LogP contribution >= 0.6 is 0 Å². The first kappa shape index (κ1) is 22.6. The number of methoxy groups -OCH3 is 2. The van der Waals surface area contributed by atoms with Gasteiger partial charge in [-0.3, -0.25) is 9.59 Å². The summed E-state index contributed by atoms with van der Waals surface area (Å²) in [6.07, 6.45) is 1.80. The molecule has 0 aliphatic carbocycles. The summed E-state index contributed by atoms with van der Waals surface area (Å²) in [5.74, 6) is 0.923. The minimum absolute atomic E-state index is 0.146. The predicted octanol–water partition coefficient (Wildman–Crippen LogP) is 4.58. The van der Waals surface area contributed by atoms with Gasteiger partial charge in [0.2, 0.25) is 0 Å². The molecule has 0 aliphatic rings. The smallest absolute Gasteiger partial charge is 0.255 e. The van der Waals surface area contributed by atoms with Crippen LogP contribution in [0.5, 0.6) is 11.5 Å². The van der Waals surface area contributed by atoms with Crippen LogP contribution in [0.1, 0.15) is 21.5 Å². The van der Waals surface area contributed by atoms with E-state index in [-0.39, 0.29) is 11.8 Å². The Labute approximate surface area is 188 Å². The van der Waals surface area contributed by atoms with Crippen molar-refractivity contribution in [3.8, 4) is 11.5 Å². The molecule has 0 radical (unpaired) electrons. The third-order valence-corrected chi connectivity index (χ3v) is 4.81. The summed E-state index contributed by atoms with van der Waals surface area (Å²) in [6.45, 7) is 0. The van der Waals surface area contributed by atoms with Gasteiger partial charge in [-0.25, -0.2) is 0 Å². The number of hydrogen-bond donors (Lipinski definition) is 1. The van der Waals surface area contributed by atoms with E-state index in [9.17, 15) is 9.59 Å². The van der Waals surface area contributed by atoms with Crippen LogP contribution in [0, 0.1) is 0 Å². The predicted molar refractivity (Wildman–Crippen MR) is 127 cm³/mol. The first-order valence-corrected chi connectivity index (χ1v) is 10.0. The van der Waals surface area contributed by atoms with Crippen molar-refractivity contribution in [2.75, 3.05) is 33.6 Å². The second kappa shape index (κ2) is 10.3. The number of carbonyl (C=O) groups is 2. The Bertz CT molecular complexity index is 1100. The van der Waals surface area contributed by atoms with E-state index >= 15 is 0 Å². The number of nitrogens with one attached hydrogen (secondary N) is 1. The molecule has 2 amide bonds. The monoisotopic (exact) mass is 430 g/mol. The van der Waals surface area contributed by atoms with Crippen molar-refractivity contribution in [2.24, 2.45) is 0 Å². The van der Waals surface area contributed by atoms with Crippen LogP contribution in [0.4, 0.5) is 5.69 Å². The van der Waals surface area contributed by atoms with Gasteiger partial charge >= 0.3 is 0 Å². The van der Waals surface area contributed by atoms with Crippen molar-refractivity contribution in [2.45, 2.75) is 0 Å².